The molecular formula is C13H19Br2NO2. The Bertz CT molecular complexity index is 349. The lowest BCUT2D eigenvalue weighted by Crippen LogP contribution is -2.04. The average molecular weight is 381 g/mol. The summed E-state index contributed by atoms with van der Waals surface area (Å²) in [7, 11) is 1.71. The summed E-state index contributed by atoms with van der Waals surface area (Å²) in [6, 6.07) is 4.12. The summed E-state index contributed by atoms with van der Waals surface area (Å²) in [4.78, 5) is 0. The van der Waals surface area contributed by atoms with Crippen LogP contribution in [0.4, 0.5) is 0 Å². The van der Waals surface area contributed by atoms with Gasteiger partial charge >= 0.3 is 0 Å². The topological polar surface area (TPSA) is 44.5 Å². The molecule has 0 bridgehead atoms. The van der Waals surface area contributed by atoms with E-state index in [9.17, 15) is 0 Å². The van der Waals surface area contributed by atoms with Gasteiger partial charge in [-0.1, -0.05) is 0 Å². The first-order chi connectivity index (χ1) is 8.69. The van der Waals surface area contributed by atoms with Crippen molar-refractivity contribution in [3.63, 3.8) is 0 Å². The zero-order chi connectivity index (χ0) is 13.4. The molecule has 102 valence electrons. The molecule has 0 amide bonds. The van der Waals surface area contributed by atoms with Crippen molar-refractivity contribution in [3.05, 3.63) is 26.6 Å². The number of ether oxygens (including phenoxy) is 2. The fourth-order valence-corrected chi connectivity index (χ4v) is 3.09. The molecule has 1 aromatic rings. The molecule has 0 spiro atoms. The van der Waals surface area contributed by atoms with Crippen LogP contribution in [0.3, 0.4) is 0 Å². The maximum atomic E-state index is 5.77. The minimum atomic E-state index is 0.649. The molecule has 0 aliphatic carbocycles. The maximum absolute atomic E-state index is 5.77. The second kappa shape index (κ2) is 8.91. The average Bonchev–Trinajstić information content (AvgIpc) is 2.32. The lowest BCUT2D eigenvalue weighted by Gasteiger charge is -2.12. The van der Waals surface area contributed by atoms with Crippen molar-refractivity contribution in [1.82, 2.24) is 0 Å². The summed E-state index contributed by atoms with van der Waals surface area (Å²) in [5.74, 6) is 0.855. The van der Waals surface area contributed by atoms with Gasteiger partial charge in [-0.2, -0.15) is 0 Å². The van der Waals surface area contributed by atoms with Crippen molar-refractivity contribution in [2.24, 2.45) is 5.73 Å². The van der Waals surface area contributed by atoms with Gasteiger partial charge in [0.2, 0.25) is 0 Å². The van der Waals surface area contributed by atoms with Crippen molar-refractivity contribution < 1.29 is 9.47 Å². The first-order valence-corrected chi connectivity index (χ1v) is 7.57. The van der Waals surface area contributed by atoms with Gasteiger partial charge in [-0.15, -0.1) is 0 Å². The molecule has 0 fully saturated rings. The Morgan fingerprint density at radius 1 is 1.11 bits per heavy atom. The van der Waals surface area contributed by atoms with E-state index in [1.807, 2.05) is 0 Å². The van der Waals surface area contributed by atoms with Gasteiger partial charge in [0.05, 0.1) is 15.6 Å². The number of rotatable bonds is 8. The summed E-state index contributed by atoms with van der Waals surface area (Å²) in [6.07, 6.45) is 2.86. The highest BCUT2D eigenvalue weighted by Gasteiger charge is 2.08. The predicted octanol–water partition coefficient (Wildman–Crippen LogP) is 3.52. The quantitative estimate of drug-likeness (QED) is 0.701. The number of nitrogens with two attached hydrogens (primary N) is 1. The van der Waals surface area contributed by atoms with E-state index in [0.717, 1.165) is 40.6 Å². The summed E-state index contributed by atoms with van der Waals surface area (Å²) in [5, 5.41) is 0. The summed E-state index contributed by atoms with van der Waals surface area (Å²) in [5.41, 5.74) is 6.75. The second-order valence-electron chi connectivity index (χ2n) is 3.98. The van der Waals surface area contributed by atoms with Gasteiger partial charge in [-0.3, -0.25) is 0 Å². The van der Waals surface area contributed by atoms with E-state index in [1.165, 1.54) is 5.56 Å². The van der Waals surface area contributed by atoms with E-state index in [0.29, 0.717) is 13.2 Å². The van der Waals surface area contributed by atoms with Gasteiger partial charge in [-0.25, -0.2) is 0 Å². The summed E-state index contributed by atoms with van der Waals surface area (Å²) >= 11 is 7.06. The molecule has 5 heteroatoms. The van der Waals surface area contributed by atoms with E-state index >= 15 is 0 Å². The number of unbranched alkanes of at least 4 members (excludes halogenated alkanes) is 1. The van der Waals surface area contributed by atoms with Gasteiger partial charge < -0.3 is 15.2 Å². The van der Waals surface area contributed by atoms with E-state index in [-0.39, 0.29) is 0 Å². The Balaban J connectivity index is 2.54. The molecule has 0 aliphatic heterocycles. The zero-order valence-corrected chi connectivity index (χ0v) is 13.7. The maximum Gasteiger partial charge on any atom is 0.147 e. The Morgan fingerprint density at radius 3 is 2.28 bits per heavy atom. The monoisotopic (exact) mass is 379 g/mol. The molecule has 0 unspecified atom stereocenters. The number of halogens is 2. The van der Waals surface area contributed by atoms with Crippen molar-refractivity contribution in [2.75, 3.05) is 26.9 Å². The Hall–Kier alpha value is -0.100. The van der Waals surface area contributed by atoms with Crippen molar-refractivity contribution in [2.45, 2.75) is 19.3 Å². The molecule has 2 N–H and O–H groups in total. The van der Waals surface area contributed by atoms with Crippen LogP contribution in [0.15, 0.2) is 21.1 Å². The number of hydrogen-bond acceptors (Lipinski definition) is 3. The van der Waals surface area contributed by atoms with E-state index in [4.69, 9.17) is 15.2 Å². The molecule has 3 nitrogen and oxygen atoms in total. The normalized spacial score (nSPS) is 10.7. The molecular weight excluding hydrogens is 362 g/mol. The molecule has 0 radical (unpaired) electrons. The highest BCUT2D eigenvalue weighted by atomic mass is 79.9. The van der Waals surface area contributed by atoms with Crippen LogP contribution in [0.25, 0.3) is 0 Å². The number of hydrogen-bond donors (Lipinski definition) is 1. The SMILES string of the molecule is COCCCCOc1c(Br)cc(CCN)cc1Br. The highest BCUT2D eigenvalue weighted by molar-refractivity contribution is 9.11. The van der Waals surface area contributed by atoms with Crippen molar-refractivity contribution in [3.8, 4) is 5.75 Å². The van der Waals surface area contributed by atoms with Crippen LogP contribution in [-0.2, 0) is 11.2 Å². The van der Waals surface area contributed by atoms with Crippen LogP contribution in [0.2, 0.25) is 0 Å². The standard InChI is InChI=1S/C13H19Br2NO2/c1-17-6-2-3-7-18-13-11(14)8-10(4-5-16)9-12(13)15/h8-9H,2-7,16H2,1H3. The molecule has 0 aliphatic rings. The smallest absolute Gasteiger partial charge is 0.147 e. The fourth-order valence-electron chi connectivity index (χ4n) is 1.58. The summed E-state index contributed by atoms with van der Waals surface area (Å²) < 4.78 is 12.7. The molecule has 0 heterocycles. The van der Waals surface area contributed by atoms with Gasteiger partial charge in [0, 0.05) is 13.7 Å². The molecule has 0 saturated carbocycles. The van der Waals surface area contributed by atoms with Crippen LogP contribution < -0.4 is 10.5 Å². The second-order valence-corrected chi connectivity index (χ2v) is 5.68. The lowest BCUT2D eigenvalue weighted by atomic mass is 10.1. The lowest BCUT2D eigenvalue weighted by molar-refractivity contribution is 0.184. The molecule has 0 aromatic heterocycles. The Labute approximate surface area is 125 Å². The van der Waals surface area contributed by atoms with Crippen molar-refractivity contribution >= 4 is 31.9 Å². The molecule has 0 saturated heterocycles. The first-order valence-electron chi connectivity index (χ1n) is 5.98. The molecule has 1 rings (SSSR count). The molecule has 0 atom stereocenters. The van der Waals surface area contributed by atoms with Crippen LogP contribution >= 0.6 is 31.9 Å². The van der Waals surface area contributed by atoms with Crippen molar-refractivity contribution in [1.29, 1.82) is 0 Å². The fraction of sp³-hybridized carbons (Fsp3) is 0.538. The third-order valence-corrected chi connectivity index (χ3v) is 3.66. The van der Waals surface area contributed by atoms with E-state index in [1.54, 1.807) is 7.11 Å². The predicted molar refractivity (Wildman–Crippen MR) is 81.2 cm³/mol. The van der Waals surface area contributed by atoms with E-state index in [2.05, 4.69) is 44.0 Å². The van der Waals surface area contributed by atoms with Gasteiger partial charge in [-0.05, 0) is 75.4 Å². The van der Waals surface area contributed by atoms with Crippen LogP contribution in [0.5, 0.6) is 5.75 Å². The number of methoxy groups -OCH3 is 1. The third kappa shape index (κ3) is 5.26. The summed E-state index contributed by atoms with van der Waals surface area (Å²) in [6.45, 7) is 2.12. The third-order valence-electron chi connectivity index (χ3n) is 2.48. The van der Waals surface area contributed by atoms with Gasteiger partial charge in [0.15, 0.2) is 0 Å². The van der Waals surface area contributed by atoms with Crippen LogP contribution in [0.1, 0.15) is 18.4 Å². The van der Waals surface area contributed by atoms with Crippen LogP contribution in [0, 0.1) is 0 Å². The highest BCUT2D eigenvalue weighted by Crippen LogP contribution is 2.35. The van der Waals surface area contributed by atoms with Crippen LogP contribution in [-0.4, -0.2) is 26.9 Å². The minimum Gasteiger partial charge on any atom is -0.491 e. The van der Waals surface area contributed by atoms with Gasteiger partial charge in [0.25, 0.3) is 0 Å². The number of benzene rings is 1. The molecule has 1 aromatic carbocycles. The first kappa shape index (κ1) is 16.0. The zero-order valence-electron chi connectivity index (χ0n) is 10.5. The minimum absolute atomic E-state index is 0.649. The van der Waals surface area contributed by atoms with Gasteiger partial charge in [0.1, 0.15) is 5.75 Å². The Kier molecular flexibility index (Phi) is 7.90. The molecule has 18 heavy (non-hydrogen) atoms. The Morgan fingerprint density at radius 2 is 1.72 bits per heavy atom. The van der Waals surface area contributed by atoms with E-state index < -0.39 is 0 Å². The largest absolute Gasteiger partial charge is 0.491 e.